The zero-order chi connectivity index (χ0) is 24.7. The van der Waals surface area contributed by atoms with Crippen molar-refractivity contribution < 1.29 is 18.7 Å². The third kappa shape index (κ3) is 5.85. The minimum Gasteiger partial charge on any atom is -0.452 e. The number of nitrogens with zero attached hydrogens (tertiary/aromatic N) is 2. The number of aromatic amines is 1. The Hall–Kier alpha value is -4.47. The van der Waals surface area contributed by atoms with Crippen molar-refractivity contribution in [2.24, 2.45) is 0 Å². The Kier molecular flexibility index (Phi) is 7.75. The average molecular weight is 466 g/mol. The Morgan fingerprint density at radius 2 is 1.79 bits per heavy atom. The lowest BCUT2D eigenvalue weighted by Gasteiger charge is -2.23. The molecule has 0 aliphatic rings. The van der Waals surface area contributed by atoms with Gasteiger partial charge in [0.05, 0.1) is 6.54 Å². The lowest BCUT2D eigenvalue weighted by molar-refractivity contribution is -0.142. The minimum atomic E-state index is -0.829. The van der Waals surface area contributed by atoms with Crippen LogP contribution in [0.5, 0.6) is 0 Å². The van der Waals surface area contributed by atoms with Gasteiger partial charge in [-0.3, -0.25) is 19.1 Å². The minimum absolute atomic E-state index is 0.0403. The van der Waals surface area contributed by atoms with Crippen LogP contribution in [0.1, 0.15) is 18.1 Å². The summed E-state index contributed by atoms with van der Waals surface area (Å²) in [4.78, 5) is 52.8. The molecule has 9 nitrogen and oxygen atoms in total. The number of anilines is 2. The van der Waals surface area contributed by atoms with Crippen LogP contribution in [0, 0.1) is 5.82 Å². The van der Waals surface area contributed by atoms with Crippen LogP contribution in [0.4, 0.5) is 15.9 Å². The molecule has 3 aromatic rings. The molecule has 176 valence electrons. The van der Waals surface area contributed by atoms with Gasteiger partial charge < -0.3 is 15.4 Å². The van der Waals surface area contributed by atoms with Gasteiger partial charge in [-0.25, -0.2) is 14.0 Å². The molecule has 1 amide bonds. The van der Waals surface area contributed by atoms with Crippen LogP contribution in [0.25, 0.3) is 6.08 Å². The van der Waals surface area contributed by atoms with E-state index in [1.54, 1.807) is 31.2 Å². The molecule has 0 aliphatic heterocycles. The normalized spacial score (nSPS) is 10.9. The second-order valence-corrected chi connectivity index (χ2v) is 7.20. The second-order valence-electron chi connectivity index (χ2n) is 7.20. The van der Waals surface area contributed by atoms with Gasteiger partial charge in [-0.1, -0.05) is 42.5 Å². The standard InChI is InChI=1S/C24H23FN4O5/c1-2-28(19(30)15-34-20(31)13-10-16-8-11-18(25)12-9-16)21-22(26)29(24(33)27-23(21)32)14-17-6-4-3-5-7-17/h3-13H,2,14-15,26H2,1H3,(H,27,32,33). The summed E-state index contributed by atoms with van der Waals surface area (Å²) in [7, 11) is 0. The number of hydrogen-bond donors (Lipinski definition) is 2. The highest BCUT2D eigenvalue weighted by Crippen LogP contribution is 2.18. The largest absolute Gasteiger partial charge is 0.452 e. The lowest BCUT2D eigenvalue weighted by Crippen LogP contribution is -2.42. The number of nitrogen functional groups attached to an aromatic ring is 1. The molecule has 0 radical (unpaired) electrons. The molecule has 3 rings (SSSR count). The molecule has 0 bridgehead atoms. The van der Waals surface area contributed by atoms with Gasteiger partial charge in [-0.15, -0.1) is 0 Å². The number of rotatable bonds is 8. The first-order valence-electron chi connectivity index (χ1n) is 10.4. The number of benzene rings is 2. The van der Waals surface area contributed by atoms with E-state index >= 15 is 0 Å². The summed E-state index contributed by atoms with van der Waals surface area (Å²) >= 11 is 0. The van der Waals surface area contributed by atoms with Gasteiger partial charge in [0, 0.05) is 12.6 Å². The Balaban J connectivity index is 1.75. The zero-order valence-electron chi connectivity index (χ0n) is 18.4. The van der Waals surface area contributed by atoms with Gasteiger partial charge in [-0.05, 0) is 36.3 Å². The number of carbonyl (C=O) groups excluding carboxylic acids is 2. The molecule has 34 heavy (non-hydrogen) atoms. The first-order chi connectivity index (χ1) is 16.3. The van der Waals surface area contributed by atoms with Crippen molar-refractivity contribution in [3.8, 4) is 0 Å². The van der Waals surface area contributed by atoms with Gasteiger partial charge in [-0.2, -0.15) is 0 Å². The summed E-state index contributed by atoms with van der Waals surface area (Å²) in [6.07, 6.45) is 2.50. The number of likely N-dealkylation sites (N-methyl/N-ethyl adjacent to an activating group) is 1. The molecule has 2 aromatic carbocycles. The van der Waals surface area contributed by atoms with Crippen LogP contribution in [-0.2, 0) is 20.9 Å². The second kappa shape index (κ2) is 10.9. The number of esters is 1. The Bertz CT molecular complexity index is 1310. The van der Waals surface area contributed by atoms with E-state index in [2.05, 4.69) is 4.98 Å². The van der Waals surface area contributed by atoms with Crippen LogP contribution < -0.4 is 21.9 Å². The van der Waals surface area contributed by atoms with Crippen molar-refractivity contribution in [2.75, 3.05) is 23.8 Å². The van der Waals surface area contributed by atoms with Crippen molar-refractivity contribution in [2.45, 2.75) is 13.5 Å². The van der Waals surface area contributed by atoms with Gasteiger partial charge in [0.25, 0.3) is 11.5 Å². The van der Waals surface area contributed by atoms with E-state index in [1.807, 2.05) is 6.07 Å². The molecule has 1 aromatic heterocycles. The SMILES string of the molecule is CCN(C(=O)COC(=O)C=Cc1ccc(F)cc1)c1c(N)n(Cc2ccccc2)c(=O)[nH]c1=O. The van der Waals surface area contributed by atoms with E-state index in [9.17, 15) is 23.6 Å². The predicted octanol–water partition coefficient (Wildman–Crippen LogP) is 1.92. The third-order valence-corrected chi connectivity index (χ3v) is 4.90. The van der Waals surface area contributed by atoms with Crippen LogP contribution >= 0.6 is 0 Å². The highest BCUT2D eigenvalue weighted by Gasteiger charge is 2.23. The summed E-state index contributed by atoms with van der Waals surface area (Å²) in [6.45, 7) is 1.08. The number of nitrogens with two attached hydrogens (primary N) is 1. The Morgan fingerprint density at radius 3 is 2.44 bits per heavy atom. The maximum atomic E-state index is 12.9. The smallest absolute Gasteiger partial charge is 0.331 e. The fourth-order valence-corrected chi connectivity index (χ4v) is 3.22. The zero-order valence-corrected chi connectivity index (χ0v) is 18.4. The van der Waals surface area contributed by atoms with Crippen molar-refractivity contribution >= 4 is 29.5 Å². The lowest BCUT2D eigenvalue weighted by atomic mass is 10.2. The fourth-order valence-electron chi connectivity index (χ4n) is 3.22. The molecule has 10 heteroatoms. The highest BCUT2D eigenvalue weighted by atomic mass is 19.1. The molecule has 0 saturated heterocycles. The van der Waals surface area contributed by atoms with E-state index in [0.29, 0.717) is 5.56 Å². The van der Waals surface area contributed by atoms with E-state index in [0.717, 1.165) is 21.1 Å². The van der Waals surface area contributed by atoms with E-state index < -0.39 is 35.5 Å². The number of nitrogens with one attached hydrogen (secondary N) is 1. The first-order valence-corrected chi connectivity index (χ1v) is 10.4. The number of aromatic nitrogens is 2. The summed E-state index contributed by atoms with van der Waals surface area (Å²) in [6, 6.07) is 14.4. The molecule has 0 unspecified atom stereocenters. The first kappa shape index (κ1) is 24.2. The van der Waals surface area contributed by atoms with Crippen LogP contribution in [0.3, 0.4) is 0 Å². The van der Waals surface area contributed by atoms with Crippen molar-refractivity contribution in [1.82, 2.24) is 9.55 Å². The maximum absolute atomic E-state index is 12.9. The van der Waals surface area contributed by atoms with Crippen molar-refractivity contribution in [3.63, 3.8) is 0 Å². The fraction of sp³-hybridized carbons (Fsp3) is 0.167. The molecular weight excluding hydrogens is 443 g/mol. The molecular formula is C24H23FN4O5. The quantitative estimate of drug-likeness (QED) is 0.386. The van der Waals surface area contributed by atoms with E-state index in [4.69, 9.17) is 10.5 Å². The van der Waals surface area contributed by atoms with E-state index in [-0.39, 0.29) is 24.6 Å². The molecule has 1 heterocycles. The van der Waals surface area contributed by atoms with Crippen LogP contribution in [0.15, 0.2) is 70.3 Å². The van der Waals surface area contributed by atoms with Gasteiger partial charge in [0.2, 0.25) is 0 Å². The molecule has 0 aliphatic carbocycles. The molecule has 3 N–H and O–H groups in total. The predicted molar refractivity (Wildman–Crippen MR) is 126 cm³/mol. The number of amides is 1. The number of ether oxygens (including phenoxy) is 1. The summed E-state index contributed by atoms with van der Waals surface area (Å²) in [5, 5.41) is 0. The topological polar surface area (TPSA) is 127 Å². The average Bonchev–Trinajstić information content (AvgIpc) is 2.83. The number of H-pyrrole nitrogens is 1. The molecule has 0 spiro atoms. The van der Waals surface area contributed by atoms with Gasteiger partial charge in [0.15, 0.2) is 12.3 Å². The summed E-state index contributed by atoms with van der Waals surface area (Å²) in [5.74, 6) is -2.09. The van der Waals surface area contributed by atoms with Crippen molar-refractivity contribution in [3.05, 3.63) is 98.5 Å². The van der Waals surface area contributed by atoms with E-state index in [1.165, 1.54) is 30.3 Å². The van der Waals surface area contributed by atoms with Crippen LogP contribution in [-0.4, -0.2) is 34.6 Å². The molecule has 0 saturated carbocycles. The van der Waals surface area contributed by atoms with Crippen LogP contribution in [0.2, 0.25) is 0 Å². The Morgan fingerprint density at radius 1 is 1.12 bits per heavy atom. The Labute approximate surface area is 193 Å². The molecule has 0 fully saturated rings. The molecule has 0 atom stereocenters. The summed E-state index contributed by atoms with van der Waals surface area (Å²) < 4.78 is 19.1. The highest BCUT2D eigenvalue weighted by molar-refractivity contribution is 5.98. The monoisotopic (exact) mass is 466 g/mol. The number of halogens is 1. The maximum Gasteiger partial charge on any atom is 0.331 e. The van der Waals surface area contributed by atoms with Gasteiger partial charge >= 0.3 is 11.7 Å². The third-order valence-electron chi connectivity index (χ3n) is 4.90. The van der Waals surface area contributed by atoms with Gasteiger partial charge in [0.1, 0.15) is 11.6 Å². The summed E-state index contributed by atoms with van der Waals surface area (Å²) in [5.41, 5.74) is 5.72. The number of hydrogen-bond acceptors (Lipinski definition) is 6. The van der Waals surface area contributed by atoms with Crippen molar-refractivity contribution in [1.29, 1.82) is 0 Å². The number of carbonyl (C=O) groups is 2.